The molecule has 0 aliphatic carbocycles. The number of fused-ring (bicyclic) bond motifs is 1. The normalized spacial score (nSPS) is 11.9. The van der Waals surface area contributed by atoms with Gasteiger partial charge in [0.25, 0.3) is 5.91 Å². The van der Waals surface area contributed by atoms with Gasteiger partial charge in [-0.3, -0.25) is 15.4 Å². The molecule has 43 heavy (non-hydrogen) atoms. The number of aryl methyl sites for hydroxylation is 1. The zero-order valence-corrected chi connectivity index (χ0v) is 27.4. The number of ether oxygens (including phenoxy) is 2. The molecule has 0 bridgehead atoms. The third kappa shape index (κ3) is 9.94. The van der Waals surface area contributed by atoms with Crippen LogP contribution in [0.3, 0.4) is 0 Å². The van der Waals surface area contributed by atoms with Crippen molar-refractivity contribution in [1.29, 1.82) is 0 Å². The second-order valence-corrected chi connectivity index (χ2v) is 11.3. The van der Waals surface area contributed by atoms with Gasteiger partial charge >= 0.3 is 12.2 Å². The van der Waals surface area contributed by atoms with E-state index in [1.54, 1.807) is 30.5 Å². The number of benzene rings is 3. The lowest BCUT2D eigenvalue weighted by Gasteiger charge is -2.21. The van der Waals surface area contributed by atoms with E-state index in [1.165, 1.54) is 6.92 Å². The average Bonchev–Trinajstić information content (AvgIpc) is 2.95. The fourth-order valence-corrected chi connectivity index (χ4v) is 5.07. The number of halogens is 3. The molecule has 2 unspecified atom stereocenters. The number of anilines is 1. The number of amides is 3. The first-order chi connectivity index (χ1) is 20.2. The van der Waals surface area contributed by atoms with Crippen LogP contribution >= 0.6 is 31.9 Å². The first kappa shape index (κ1) is 33.8. The Morgan fingerprint density at radius 2 is 1.60 bits per heavy atom. The van der Waals surface area contributed by atoms with Crippen molar-refractivity contribution < 1.29 is 40.8 Å². The molecule has 3 amide bonds. The Balaban J connectivity index is 0.00000506. The highest BCUT2D eigenvalue weighted by molar-refractivity contribution is 9.10. The second kappa shape index (κ2) is 16.3. The van der Waals surface area contributed by atoms with E-state index in [-0.39, 0.29) is 24.9 Å². The van der Waals surface area contributed by atoms with Gasteiger partial charge in [0.05, 0.1) is 16.7 Å². The highest BCUT2D eigenvalue weighted by Gasteiger charge is 2.22. The van der Waals surface area contributed by atoms with Crippen molar-refractivity contribution in [3.05, 3.63) is 105 Å². The maximum absolute atomic E-state index is 13.0. The number of alkyl carbamates (subject to hydrolysis) is 1. The molecule has 1 aromatic heterocycles. The molecule has 4 aromatic rings. The Labute approximate surface area is 273 Å². The molecule has 4 rings (SSSR count). The third-order valence-electron chi connectivity index (χ3n) is 6.20. The van der Waals surface area contributed by atoms with Gasteiger partial charge in [-0.05, 0) is 58.1 Å². The van der Waals surface area contributed by atoms with E-state index in [4.69, 9.17) is 9.47 Å². The monoisotopic (exact) mass is 732 g/mol. The average molecular weight is 735 g/mol. The maximum Gasteiger partial charge on any atom is 0.413 e. The van der Waals surface area contributed by atoms with E-state index in [1.807, 2.05) is 59.3 Å². The van der Waals surface area contributed by atoms with Gasteiger partial charge in [-0.2, -0.15) is 0 Å². The highest BCUT2D eigenvalue weighted by Crippen LogP contribution is 2.23. The van der Waals surface area contributed by atoms with E-state index in [2.05, 4.69) is 54.7 Å². The number of rotatable bonds is 10. The number of hydrogen-bond donors (Lipinski definition) is 3. The van der Waals surface area contributed by atoms with Crippen LogP contribution in [0.5, 0.6) is 0 Å². The number of pyridine rings is 1. The minimum atomic E-state index is -0.997. The lowest BCUT2D eigenvalue weighted by atomic mass is 10.1. The van der Waals surface area contributed by atoms with Crippen LogP contribution in [0.15, 0.2) is 94.1 Å². The molecular formula is C31H31Br2ClN4O5. The molecule has 226 valence electrons. The van der Waals surface area contributed by atoms with Crippen molar-refractivity contribution in [3.63, 3.8) is 0 Å². The molecule has 0 radical (unpaired) electrons. The standard InChI is InChI=1S/C31H30Br2N4O5.ClH/c1-3-15-37-18-23(16-25(33)19-37)29(38)34-17-28(22-11-13-24(32)14-12-22)42-30(39)35-20(2)41-31(40)36-27-10-6-8-21-7-4-5-9-26(21)27;/h4-14,16,18-20,28H,3,15,17H2,1-2H3,(H2-,34,35,36,38,39,40);1H. The number of aromatic nitrogens is 1. The predicted molar refractivity (Wildman–Crippen MR) is 167 cm³/mol. The molecule has 0 aliphatic rings. The quantitative estimate of drug-likeness (QED) is 0.170. The fourth-order valence-electron chi connectivity index (χ4n) is 4.29. The van der Waals surface area contributed by atoms with Gasteiger partial charge in [0.2, 0.25) is 0 Å². The number of nitrogens with one attached hydrogen (secondary N) is 3. The van der Waals surface area contributed by atoms with E-state index in [0.717, 1.165) is 32.7 Å². The summed E-state index contributed by atoms with van der Waals surface area (Å²) in [5.41, 5.74) is 1.73. The Bertz CT molecular complexity index is 1570. The molecule has 0 fully saturated rings. The van der Waals surface area contributed by atoms with Gasteiger partial charge in [-0.1, -0.05) is 71.4 Å². The first-order valence-corrected chi connectivity index (χ1v) is 15.0. The van der Waals surface area contributed by atoms with E-state index >= 15 is 0 Å². The van der Waals surface area contributed by atoms with Crippen molar-refractivity contribution >= 4 is 66.4 Å². The Hall–Kier alpha value is -3.67. The molecule has 0 saturated carbocycles. The zero-order chi connectivity index (χ0) is 30.1. The number of nitrogens with zero attached hydrogens (tertiary/aromatic N) is 1. The minimum Gasteiger partial charge on any atom is -1.00 e. The van der Waals surface area contributed by atoms with Crippen LogP contribution in [0.25, 0.3) is 10.8 Å². The van der Waals surface area contributed by atoms with Crippen LogP contribution in [0.4, 0.5) is 15.3 Å². The van der Waals surface area contributed by atoms with Crippen LogP contribution in [-0.4, -0.2) is 30.9 Å². The van der Waals surface area contributed by atoms with Gasteiger partial charge in [-0.15, -0.1) is 0 Å². The summed E-state index contributed by atoms with van der Waals surface area (Å²) < 4.78 is 14.6. The summed E-state index contributed by atoms with van der Waals surface area (Å²) in [6.07, 6.45) is 1.25. The van der Waals surface area contributed by atoms with Crippen LogP contribution in [0.1, 0.15) is 42.3 Å². The van der Waals surface area contributed by atoms with Crippen LogP contribution in [-0.2, 0) is 16.0 Å². The Morgan fingerprint density at radius 1 is 0.884 bits per heavy atom. The largest absolute Gasteiger partial charge is 1.00 e. The van der Waals surface area contributed by atoms with Crippen molar-refractivity contribution in [2.45, 2.75) is 39.1 Å². The first-order valence-electron chi connectivity index (χ1n) is 13.4. The second-order valence-electron chi connectivity index (χ2n) is 9.48. The van der Waals surface area contributed by atoms with Gasteiger partial charge in [0, 0.05) is 16.3 Å². The summed E-state index contributed by atoms with van der Waals surface area (Å²) in [7, 11) is 0. The number of hydrogen-bond acceptors (Lipinski definition) is 5. The van der Waals surface area contributed by atoms with E-state index < -0.39 is 24.5 Å². The smallest absolute Gasteiger partial charge is 0.413 e. The minimum absolute atomic E-state index is 0. The van der Waals surface area contributed by atoms with Crippen molar-refractivity contribution in [2.24, 2.45) is 0 Å². The number of carbonyl (C=O) groups excluding carboxylic acids is 3. The molecule has 0 saturated heterocycles. The van der Waals surface area contributed by atoms with E-state index in [0.29, 0.717) is 16.8 Å². The molecule has 0 spiro atoms. The lowest BCUT2D eigenvalue weighted by Crippen LogP contribution is -3.00. The summed E-state index contributed by atoms with van der Waals surface area (Å²) in [5.74, 6) is -0.311. The summed E-state index contributed by atoms with van der Waals surface area (Å²) >= 11 is 6.86. The van der Waals surface area contributed by atoms with Crippen LogP contribution in [0, 0.1) is 0 Å². The zero-order valence-electron chi connectivity index (χ0n) is 23.5. The topological polar surface area (TPSA) is 110 Å². The van der Waals surface area contributed by atoms with Crippen molar-refractivity contribution in [3.8, 4) is 0 Å². The molecule has 12 heteroatoms. The lowest BCUT2D eigenvalue weighted by molar-refractivity contribution is -0.697. The Kier molecular flexibility index (Phi) is 12.8. The molecule has 1 heterocycles. The van der Waals surface area contributed by atoms with Crippen LogP contribution < -0.4 is 32.9 Å². The summed E-state index contributed by atoms with van der Waals surface area (Å²) in [4.78, 5) is 38.3. The molecule has 3 N–H and O–H groups in total. The summed E-state index contributed by atoms with van der Waals surface area (Å²) in [5, 5.41) is 9.92. The molecule has 0 aliphatic heterocycles. The molecular weight excluding hydrogens is 704 g/mol. The predicted octanol–water partition coefficient (Wildman–Crippen LogP) is 3.86. The molecule has 3 aromatic carbocycles. The van der Waals surface area contributed by atoms with Gasteiger partial charge < -0.3 is 27.2 Å². The van der Waals surface area contributed by atoms with Gasteiger partial charge in [0.1, 0.15) is 18.2 Å². The SMILES string of the molecule is CCC[n+]1cc(Br)cc(C(=O)NCC(OC(=O)NC(C)OC(=O)Nc2cccc3ccccc23)c2ccc(Br)cc2)c1.[Cl-]. The van der Waals surface area contributed by atoms with Crippen LogP contribution in [0.2, 0.25) is 0 Å². The Morgan fingerprint density at radius 3 is 2.35 bits per heavy atom. The number of carbonyl (C=O) groups is 3. The van der Waals surface area contributed by atoms with Crippen molar-refractivity contribution in [2.75, 3.05) is 11.9 Å². The third-order valence-corrected chi connectivity index (χ3v) is 7.16. The molecule has 2 atom stereocenters. The van der Waals surface area contributed by atoms with Gasteiger partial charge in [0.15, 0.2) is 18.6 Å². The van der Waals surface area contributed by atoms with E-state index in [9.17, 15) is 14.4 Å². The highest BCUT2D eigenvalue weighted by atomic mass is 79.9. The summed E-state index contributed by atoms with van der Waals surface area (Å²) in [6.45, 7) is 4.36. The van der Waals surface area contributed by atoms with Gasteiger partial charge in [-0.25, -0.2) is 14.2 Å². The molecule has 9 nitrogen and oxygen atoms in total. The maximum atomic E-state index is 13.0. The summed E-state index contributed by atoms with van der Waals surface area (Å²) in [6, 6.07) is 22.1. The van der Waals surface area contributed by atoms with Crippen molar-refractivity contribution in [1.82, 2.24) is 10.6 Å². The fraction of sp³-hybridized carbons (Fsp3) is 0.226.